The molecule has 1 unspecified atom stereocenters. The van der Waals surface area contributed by atoms with Crippen LogP contribution in [0.2, 0.25) is 0 Å². The van der Waals surface area contributed by atoms with E-state index < -0.39 is 0 Å². The van der Waals surface area contributed by atoms with E-state index in [2.05, 4.69) is 16.3 Å². The number of rotatable bonds is 6. The number of nitrogens with one attached hydrogen (secondary N) is 1. The second-order valence-corrected chi connectivity index (χ2v) is 6.63. The lowest BCUT2D eigenvalue weighted by atomic mass is 10.1. The van der Waals surface area contributed by atoms with Crippen molar-refractivity contribution in [3.8, 4) is 5.75 Å². The second-order valence-electron chi connectivity index (χ2n) is 6.63. The number of hydrogen-bond donors (Lipinski definition) is 1. The Bertz CT molecular complexity index is 648. The number of methoxy groups -OCH3 is 1. The highest BCUT2D eigenvalue weighted by atomic mass is 16.5. The summed E-state index contributed by atoms with van der Waals surface area (Å²) in [4.78, 5) is 2.67. The summed E-state index contributed by atoms with van der Waals surface area (Å²) in [7, 11) is 1.69. The molecule has 0 spiro atoms. The van der Waals surface area contributed by atoms with Crippen LogP contribution in [-0.2, 0) is 6.54 Å². The van der Waals surface area contributed by atoms with Gasteiger partial charge in [-0.2, -0.15) is 0 Å². The van der Waals surface area contributed by atoms with Gasteiger partial charge in [0.2, 0.25) is 0 Å². The predicted octanol–water partition coefficient (Wildman–Crippen LogP) is 3.02. The Hall–Kier alpha value is -1.52. The van der Waals surface area contributed by atoms with Crippen LogP contribution in [0, 0.1) is 5.92 Å². The summed E-state index contributed by atoms with van der Waals surface area (Å²) in [6.07, 6.45) is 4.17. The minimum atomic E-state index is 0.796. The lowest BCUT2D eigenvalue weighted by Crippen LogP contribution is -2.27. The molecule has 1 saturated carbocycles. The van der Waals surface area contributed by atoms with Gasteiger partial charge in [-0.1, -0.05) is 0 Å². The van der Waals surface area contributed by atoms with Gasteiger partial charge in [-0.25, -0.2) is 0 Å². The third kappa shape index (κ3) is 2.99. The molecule has 1 aliphatic carbocycles. The van der Waals surface area contributed by atoms with Crippen molar-refractivity contribution in [3.63, 3.8) is 0 Å². The molecule has 1 atom stereocenters. The Balaban J connectivity index is 1.30. The van der Waals surface area contributed by atoms with Crippen LogP contribution in [-0.4, -0.2) is 37.7 Å². The summed E-state index contributed by atoms with van der Waals surface area (Å²) in [5, 5.41) is 4.67. The van der Waals surface area contributed by atoms with Crippen LogP contribution in [0.25, 0.3) is 11.0 Å². The smallest absolute Gasteiger partial charge is 0.134 e. The summed E-state index contributed by atoms with van der Waals surface area (Å²) in [6.45, 7) is 4.46. The highest BCUT2D eigenvalue weighted by Gasteiger charge is 2.33. The number of benzene rings is 1. The van der Waals surface area contributed by atoms with E-state index in [1.807, 2.05) is 18.2 Å². The molecule has 1 aliphatic heterocycles. The second kappa shape index (κ2) is 5.94. The highest BCUT2D eigenvalue weighted by molar-refractivity contribution is 5.79. The maximum atomic E-state index is 5.87. The SMILES string of the molecule is COc1ccc2oc(CNCC3CCN(C4CC4)C3)cc2c1. The van der Waals surface area contributed by atoms with E-state index in [1.54, 1.807) is 7.11 Å². The van der Waals surface area contributed by atoms with Gasteiger partial charge in [0.15, 0.2) is 0 Å². The first-order valence-electron chi connectivity index (χ1n) is 8.33. The molecular formula is C18H24N2O2. The molecule has 0 bridgehead atoms. The van der Waals surface area contributed by atoms with Gasteiger partial charge in [-0.05, 0) is 62.5 Å². The molecule has 2 aliphatic rings. The molecule has 1 saturated heterocycles. The average Bonchev–Trinajstić information content (AvgIpc) is 3.14. The van der Waals surface area contributed by atoms with Gasteiger partial charge in [0, 0.05) is 18.0 Å². The minimum absolute atomic E-state index is 0.796. The Labute approximate surface area is 131 Å². The highest BCUT2D eigenvalue weighted by Crippen LogP contribution is 2.31. The maximum absolute atomic E-state index is 5.87. The fourth-order valence-corrected chi connectivity index (χ4v) is 3.49. The largest absolute Gasteiger partial charge is 0.497 e. The zero-order valence-corrected chi connectivity index (χ0v) is 13.2. The van der Waals surface area contributed by atoms with Crippen LogP contribution >= 0.6 is 0 Å². The van der Waals surface area contributed by atoms with Crippen LogP contribution in [0.15, 0.2) is 28.7 Å². The number of ether oxygens (including phenoxy) is 1. The third-order valence-corrected chi connectivity index (χ3v) is 4.89. The molecule has 1 N–H and O–H groups in total. The summed E-state index contributed by atoms with van der Waals surface area (Å²) in [5.74, 6) is 2.67. The lowest BCUT2D eigenvalue weighted by Gasteiger charge is -2.14. The van der Waals surface area contributed by atoms with Gasteiger partial charge < -0.3 is 19.4 Å². The standard InChI is InChI=1S/C18H24N2O2/c1-21-16-4-5-18-14(8-16)9-17(22-18)11-19-10-13-6-7-20(12-13)15-2-3-15/h4-5,8-9,13,15,19H,2-3,6-7,10-12H2,1H3. The summed E-state index contributed by atoms with van der Waals surface area (Å²) in [5.41, 5.74) is 0.929. The molecular weight excluding hydrogens is 276 g/mol. The average molecular weight is 300 g/mol. The summed E-state index contributed by atoms with van der Waals surface area (Å²) < 4.78 is 11.1. The molecule has 4 heteroatoms. The molecule has 1 aromatic heterocycles. The monoisotopic (exact) mass is 300 g/mol. The van der Waals surface area contributed by atoms with Crippen LogP contribution < -0.4 is 10.1 Å². The van der Waals surface area contributed by atoms with Gasteiger partial charge in [0.05, 0.1) is 13.7 Å². The van der Waals surface area contributed by atoms with Crippen molar-refractivity contribution in [3.05, 3.63) is 30.0 Å². The first-order valence-corrected chi connectivity index (χ1v) is 8.33. The van der Waals surface area contributed by atoms with E-state index in [1.165, 1.54) is 32.4 Å². The number of hydrogen-bond acceptors (Lipinski definition) is 4. The third-order valence-electron chi connectivity index (χ3n) is 4.89. The zero-order chi connectivity index (χ0) is 14.9. The quantitative estimate of drug-likeness (QED) is 0.890. The first kappa shape index (κ1) is 14.1. The molecule has 2 fully saturated rings. The van der Waals surface area contributed by atoms with Crippen LogP contribution in [0.4, 0.5) is 0 Å². The number of fused-ring (bicyclic) bond motifs is 1. The van der Waals surface area contributed by atoms with Crippen LogP contribution in [0.3, 0.4) is 0 Å². The van der Waals surface area contributed by atoms with Gasteiger partial charge in [0.25, 0.3) is 0 Å². The summed E-state index contributed by atoms with van der Waals surface area (Å²) >= 11 is 0. The Morgan fingerprint density at radius 3 is 3.00 bits per heavy atom. The fraction of sp³-hybridized carbons (Fsp3) is 0.556. The zero-order valence-electron chi connectivity index (χ0n) is 13.2. The minimum Gasteiger partial charge on any atom is -0.497 e. The molecule has 22 heavy (non-hydrogen) atoms. The molecule has 118 valence electrons. The normalized spacial score (nSPS) is 22.5. The molecule has 4 rings (SSSR count). The van der Waals surface area contributed by atoms with E-state index in [9.17, 15) is 0 Å². The molecule has 0 radical (unpaired) electrons. The Kier molecular flexibility index (Phi) is 3.80. The van der Waals surface area contributed by atoms with Crippen molar-refractivity contribution in [1.82, 2.24) is 10.2 Å². The Morgan fingerprint density at radius 2 is 2.18 bits per heavy atom. The lowest BCUT2D eigenvalue weighted by molar-refractivity contribution is 0.311. The van der Waals surface area contributed by atoms with Crippen molar-refractivity contribution in [2.45, 2.75) is 31.8 Å². The van der Waals surface area contributed by atoms with Crippen molar-refractivity contribution in [2.24, 2.45) is 5.92 Å². The molecule has 1 aromatic carbocycles. The first-order chi connectivity index (χ1) is 10.8. The Morgan fingerprint density at radius 1 is 1.27 bits per heavy atom. The molecule has 4 nitrogen and oxygen atoms in total. The van der Waals surface area contributed by atoms with Crippen LogP contribution in [0.1, 0.15) is 25.0 Å². The van der Waals surface area contributed by atoms with Gasteiger partial charge >= 0.3 is 0 Å². The molecule has 0 amide bonds. The number of likely N-dealkylation sites (tertiary alicyclic amines) is 1. The number of furan rings is 1. The van der Waals surface area contributed by atoms with Gasteiger partial charge in [-0.3, -0.25) is 0 Å². The predicted molar refractivity (Wildman–Crippen MR) is 87.2 cm³/mol. The van der Waals surface area contributed by atoms with E-state index in [0.29, 0.717) is 0 Å². The van der Waals surface area contributed by atoms with Gasteiger partial charge in [0.1, 0.15) is 17.1 Å². The van der Waals surface area contributed by atoms with Crippen molar-refractivity contribution in [1.29, 1.82) is 0 Å². The van der Waals surface area contributed by atoms with Crippen molar-refractivity contribution >= 4 is 11.0 Å². The van der Waals surface area contributed by atoms with E-state index in [0.717, 1.165) is 47.5 Å². The fourth-order valence-electron chi connectivity index (χ4n) is 3.49. The molecule has 2 aromatic rings. The number of nitrogens with zero attached hydrogens (tertiary/aromatic N) is 1. The topological polar surface area (TPSA) is 37.6 Å². The maximum Gasteiger partial charge on any atom is 0.134 e. The van der Waals surface area contributed by atoms with Gasteiger partial charge in [-0.15, -0.1) is 0 Å². The van der Waals surface area contributed by atoms with Crippen molar-refractivity contribution in [2.75, 3.05) is 26.7 Å². The van der Waals surface area contributed by atoms with E-state index >= 15 is 0 Å². The van der Waals surface area contributed by atoms with E-state index in [4.69, 9.17) is 9.15 Å². The van der Waals surface area contributed by atoms with Crippen molar-refractivity contribution < 1.29 is 9.15 Å². The molecule has 2 heterocycles. The van der Waals surface area contributed by atoms with Crippen LogP contribution in [0.5, 0.6) is 5.75 Å². The van der Waals surface area contributed by atoms with E-state index in [-0.39, 0.29) is 0 Å². The summed E-state index contributed by atoms with van der Waals surface area (Å²) in [6, 6.07) is 8.95.